The standard InChI is InChI=1S/C18H18Cl2N2O2/c1-2-4-13-7-9-14(10-8-13)24-12-18(23)22-21-11-15-16(19)5-3-6-17(15)20/h3,5-11H,2,4,12H2,1H3,(H,22,23). The van der Waals surface area contributed by atoms with Crippen molar-refractivity contribution in [3.8, 4) is 5.75 Å². The molecule has 0 aliphatic heterocycles. The van der Waals surface area contributed by atoms with Gasteiger partial charge in [0.1, 0.15) is 5.75 Å². The normalized spacial score (nSPS) is 10.8. The van der Waals surface area contributed by atoms with Gasteiger partial charge in [0, 0.05) is 5.56 Å². The van der Waals surface area contributed by atoms with Crippen molar-refractivity contribution in [2.45, 2.75) is 19.8 Å². The molecule has 0 bridgehead atoms. The first-order valence-corrected chi connectivity index (χ1v) is 8.33. The minimum atomic E-state index is -0.368. The first-order valence-electron chi connectivity index (χ1n) is 7.57. The van der Waals surface area contributed by atoms with E-state index in [0.29, 0.717) is 21.4 Å². The molecule has 0 fully saturated rings. The largest absolute Gasteiger partial charge is 0.484 e. The number of hydrazone groups is 1. The fourth-order valence-corrected chi connectivity index (χ4v) is 2.52. The van der Waals surface area contributed by atoms with E-state index in [1.807, 2.05) is 24.3 Å². The lowest BCUT2D eigenvalue weighted by Crippen LogP contribution is -2.24. The average Bonchev–Trinajstić information content (AvgIpc) is 2.57. The van der Waals surface area contributed by atoms with E-state index in [2.05, 4.69) is 17.5 Å². The van der Waals surface area contributed by atoms with Gasteiger partial charge in [-0.3, -0.25) is 4.79 Å². The number of rotatable bonds is 7. The van der Waals surface area contributed by atoms with Crippen LogP contribution in [0, 0.1) is 0 Å². The third-order valence-electron chi connectivity index (χ3n) is 3.21. The van der Waals surface area contributed by atoms with Crippen LogP contribution in [0.2, 0.25) is 10.0 Å². The van der Waals surface area contributed by atoms with E-state index in [9.17, 15) is 4.79 Å². The molecule has 1 N–H and O–H groups in total. The van der Waals surface area contributed by atoms with Gasteiger partial charge in [0.15, 0.2) is 6.61 Å². The summed E-state index contributed by atoms with van der Waals surface area (Å²) in [5.41, 5.74) is 4.17. The Morgan fingerprint density at radius 2 is 1.83 bits per heavy atom. The number of carbonyl (C=O) groups is 1. The maximum Gasteiger partial charge on any atom is 0.277 e. The SMILES string of the molecule is CCCc1ccc(OCC(=O)NN=Cc2c(Cl)cccc2Cl)cc1. The second-order valence-corrected chi connectivity index (χ2v) is 5.93. The van der Waals surface area contributed by atoms with Crippen molar-refractivity contribution in [3.63, 3.8) is 0 Å². The van der Waals surface area contributed by atoms with Gasteiger partial charge in [0.05, 0.1) is 16.3 Å². The van der Waals surface area contributed by atoms with E-state index < -0.39 is 0 Å². The predicted octanol–water partition coefficient (Wildman–Crippen LogP) is 4.48. The molecule has 2 aromatic carbocycles. The lowest BCUT2D eigenvalue weighted by atomic mass is 10.1. The van der Waals surface area contributed by atoms with Crippen molar-refractivity contribution in [2.24, 2.45) is 5.10 Å². The minimum Gasteiger partial charge on any atom is -0.484 e. The van der Waals surface area contributed by atoms with Crippen molar-refractivity contribution in [1.29, 1.82) is 0 Å². The van der Waals surface area contributed by atoms with Crippen LogP contribution in [0.1, 0.15) is 24.5 Å². The van der Waals surface area contributed by atoms with E-state index in [1.54, 1.807) is 18.2 Å². The van der Waals surface area contributed by atoms with Crippen LogP contribution in [-0.4, -0.2) is 18.7 Å². The maximum atomic E-state index is 11.7. The Morgan fingerprint density at radius 3 is 2.46 bits per heavy atom. The Kier molecular flexibility index (Phi) is 7.09. The number of halogens is 2. The molecule has 6 heteroatoms. The number of amides is 1. The molecule has 0 atom stereocenters. The summed E-state index contributed by atoms with van der Waals surface area (Å²) in [6.07, 6.45) is 3.53. The highest BCUT2D eigenvalue weighted by Crippen LogP contribution is 2.22. The molecule has 0 aliphatic carbocycles. The van der Waals surface area contributed by atoms with Gasteiger partial charge < -0.3 is 4.74 Å². The average molecular weight is 365 g/mol. The predicted molar refractivity (Wildman–Crippen MR) is 98.1 cm³/mol. The number of nitrogens with zero attached hydrogens (tertiary/aromatic N) is 1. The Labute approximate surface area is 151 Å². The highest BCUT2D eigenvalue weighted by molar-refractivity contribution is 6.38. The van der Waals surface area contributed by atoms with Gasteiger partial charge in [-0.2, -0.15) is 5.10 Å². The number of hydrogen-bond donors (Lipinski definition) is 1. The molecule has 0 aliphatic rings. The molecule has 2 rings (SSSR count). The minimum absolute atomic E-state index is 0.124. The molecule has 0 radical (unpaired) electrons. The Morgan fingerprint density at radius 1 is 1.17 bits per heavy atom. The molecule has 4 nitrogen and oxygen atoms in total. The summed E-state index contributed by atoms with van der Waals surface area (Å²) < 4.78 is 5.41. The Bertz CT molecular complexity index is 695. The quantitative estimate of drug-likeness (QED) is 0.581. The van der Waals surface area contributed by atoms with Gasteiger partial charge in [-0.25, -0.2) is 5.43 Å². The zero-order valence-electron chi connectivity index (χ0n) is 13.3. The van der Waals surface area contributed by atoms with Crippen molar-refractivity contribution in [3.05, 3.63) is 63.6 Å². The molecule has 1 amide bonds. The molecular weight excluding hydrogens is 347 g/mol. The third-order valence-corrected chi connectivity index (χ3v) is 3.87. The molecule has 0 spiro atoms. The van der Waals surface area contributed by atoms with E-state index in [4.69, 9.17) is 27.9 Å². The Balaban J connectivity index is 1.82. The number of benzene rings is 2. The Hall–Kier alpha value is -2.04. The molecule has 24 heavy (non-hydrogen) atoms. The van der Waals surface area contributed by atoms with E-state index in [0.717, 1.165) is 12.8 Å². The molecule has 0 heterocycles. The van der Waals surface area contributed by atoms with E-state index in [-0.39, 0.29) is 12.5 Å². The maximum absolute atomic E-state index is 11.7. The third kappa shape index (κ3) is 5.55. The molecule has 0 aromatic heterocycles. The number of ether oxygens (including phenoxy) is 1. The van der Waals surface area contributed by atoms with Gasteiger partial charge in [-0.1, -0.05) is 54.7 Å². The summed E-state index contributed by atoms with van der Waals surface area (Å²) in [7, 11) is 0. The lowest BCUT2D eigenvalue weighted by Gasteiger charge is -2.06. The van der Waals surface area contributed by atoms with E-state index in [1.165, 1.54) is 11.8 Å². The molecule has 126 valence electrons. The molecule has 0 unspecified atom stereocenters. The summed E-state index contributed by atoms with van der Waals surface area (Å²) in [5, 5.41) is 4.76. The second kappa shape index (κ2) is 9.30. The second-order valence-electron chi connectivity index (χ2n) is 5.11. The van der Waals surface area contributed by atoms with Crippen molar-refractivity contribution < 1.29 is 9.53 Å². The smallest absolute Gasteiger partial charge is 0.277 e. The number of carbonyl (C=O) groups excluding carboxylic acids is 1. The molecule has 2 aromatic rings. The van der Waals surface area contributed by atoms with Gasteiger partial charge in [0.2, 0.25) is 0 Å². The zero-order valence-corrected chi connectivity index (χ0v) is 14.8. The first kappa shape index (κ1) is 18.3. The summed E-state index contributed by atoms with van der Waals surface area (Å²) in [6.45, 7) is 2.01. The number of aryl methyl sites for hydroxylation is 1. The molecule has 0 saturated heterocycles. The van der Waals surface area contributed by atoms with Crippen molar-refractivity contribution in [2.75, 3.05) is 6.61 Å². The monoisotopic (exact) mass is 364 g/mol. The lowest BCUT2D eigenvalue weighted by molar-refractivity contribution is -0.123. The molecule has 0 saturated carbocycles. The highest BCUT2D eigenvalue weighted by Gasteiger charge is 2.04. The first-order chi connectivity index (χ1) is 11.6. The summed E-state index contributed by atoms with van der Waals surface area (Å²) in [4.78, 5) is 11.7. The van der Waals surface area contributed by atoms with Crippen molar-refractivity contribution >= 4 is 35.3 Å². The highest BCUT2D eigenvalue weighted by atomic mass is 35.5. The van der Waals surface area contributed by atoms with Crippen LogP contribution in [-0.2, 0) is 11.2 Å². The fourth-order valence-electron chi connectivity index (χ4n) is 2.03. The topological polar surface area (TPSA) is 50.7 Å². The number of hydrogen-bond acceptors (Lipinski definition) is 3. The van der Waals surface area contributed by atoms with Crippen molar-refractivity contribution in [1.82, 2.24) is 5.43 Å². The van der Waals surface area contributed by atoms with Crippen LogP contribution in [0.3, 0.4) is 0 Å². The summed E-state index contributed by atoms with van der Waals surface area (Å²) in [6, 6.07) is 12.8. The van der Waals surface area contributed by atoms with Crippen LogP contribution in [0.5, 0.6) is 5.75 Å². The fraction of sp³-hybridized carbons (Fsp3) is 0.222. The van der Waals surface area contributed by atoms with Gasteiger partial charge in [-0.05, 0) is 36.2 Å². The summed E-state index contributed by atoms with van der Waals surface area (Å²) in [5.74, 6) is 0.273. The van der Waals surface area contributed by atoms with Crippen LogP contribution >= 0.6 is 23.2 Å². The molecular formula is C18H18Cl2N2O2. The zero-order chi connectivity index (χ0) is 17.4. The van der Waals surface area contributed by atoms with E-state index >= 15 is 0 Å². The van der Waals surface area contributed by atoms with Gasteiger partial charge in [-0.15, -0.1) is 0 Å². The number of nitrogens with one attached hydrogen (secondary N) is 1. The van der Waals surface area contributed by atoms with Gasteiger partial charge >= 0.3 is 0 Å². The summed E-state index contributed by atoms with van der Waals surface area (Å²) >= 11 is 12.0. The van der Waals surface area contributed by atoms with Crippen LogP contribution in [0.15, 0.2) is 47.6 Å². The van der Waals surface area contributed by atoms with Crippen LogP contribution in [0.25, 0.3) is 0 Å². The van der Waals surface area contributed by atoms with Crippen LogP contribution in [0.4, 0.5) is 0 Å². The van der Waals surface area contributed by atoms with Gasteiger partial charge in [0.25, 0.3) is 5.91 Å². The van der Waals surface area contributed by atoms with Crippen LogP contribution < -0.4 is 10.2 Å².